The maximum absolute atomic E-state index is 13.1. The molecule has 0 fully saturated rings. The SMILES string of the molecule is CCc1nc(CC(=O)N2CCc3sccc3C2c2ccccc2)cs1. The van der Waals surface area contributed by atoms with Crippen LogP contribution in [0.25, 0.3) is 0 Å². The first-order valence-electron chi connectivity index (χ1n) is 8.60. The molecule has 1 aliphatic heterocycles. The molecule has 0 spiro atoms. The van der Waals surface area contributed by atoms with Gasteiger partial charge in [-0.15, -0.1) is 22.7 Å². The van der Waals surface area contributed by atoms with Crippen LogP contribution in [0.1, 0.15) is 39.7 Å². The number of nitrogens with zero attached hydrogens (tertiary/aromatic N) is 2. The number of aryl methyl sites for hydroxylation is 1. The highest BCUT2D eigenvalue weighted by atomic mass is 32.1. The van der Waals surface area contributed by atoms with Gasteiger partial charge in [-0.1, -0.05) is 37.3 Å². The van der Waals surface area contributed by atoms with Crippen molar-refractivity contribution >= 4 is 28.6 Å². The summed E-state index contributed by atoms with van der Waals surface area (Å²) in [6, 6.07) is 12.6. The van der Waals surface area contributed by atoms with Gasteiger partial charge in [-0.05, 0) is 35.4 Å². The number of carbonyl (C=O) groups is 1. The Morgan fingerprint density at radius 2 is 2.08 bits per heavy atom. The molecule has 25 heavy (non-hydrogen) atoms. The van der Waals surface area contributed by atoms with Crippen molar-refractivity contribution in [2.45, 2.75) is 32.2 Å². The fourth-order valence-corrected chi connectivity index (χ4v) is 5.08. The zero-order valence-corrected chi connectivity index (χ0v) is 15.8. The third kappa shape index (κ3) is 3.26. The van der Waals surface area contributed by atoms with E-state index in [1.165, 1.54) is 16.0 Å². The summed E-state index contributed by atoms with van der Waals surface area (Å²) < 4.78 is 0. The Balaban J connectivity index is 1.64. The Kier molecular flexibility index (Phi) is 4.68. The largest absolute Gasteiger partial charge is 0.331 e. The number of rotatable bonds is 4. The predicted molar refractivity (Wildman–Crippen MR) is 103 cm³/mol. The molecule has 5 heteroatoms. The molecule has 1 aliphatic rings. The second-order valence-corrected chi connectivity index (χ2v) is 8.16. The lowest BCUT2D eigenvalue weighted by atomic mass is 9.93. The maximum Gasteiger partial charge on any atom is 0.229 e. The standard InChI is InChI=1S/C20H20N2OS2/c1-2-18-21-15(13-25-18)12-19(23)22-10-8-17-16(9-11-24-17)20(22)14-6-4-3-5-7-14/h3-7,9,11,13,20H,2,8,10,12H2,1H3. The lowest BCUT2D eigenvalue weighted by molar-refractivity contribution is -0.132. The molecule has 0 aliphatic carbocycles. The predicted octanol–water partition coefficient (Wildman–Crippen LogP) is 4.48. The van der Waals surface area contributed by atoms with Crippen molar-refractivity contribution in [2.24, 2.45) is 0 Å². The van der Waals surface area contributed by atoms with Crippen molar-refractivity contribution in [3.8, 4) is 0 Å². The van der Waals surface area contributed by atoms with E-state index in [1.807, 2.05) is 28.5 Å². The maximum atomic E-state index is 13.1. The van der Waals surface area contributed by atoms with Crippen LogP contribution in [0.15, 0.2) is 47.2 Å². The van der Waals surface area contributed by atoms with Gasteiger partial charge in [0.05, 0.1) is 23.2 Å². The molecule has 0 bridgehead atoms. The van der Waals surface area contributed by atoms with Crippen molar-refractivity contribution in [2.75, 3.05) is 6.54 Å². The average Bonchev–Trinajstić information content (AvgIpc) is 3.30. The molecule has 1 amide bonds. The Morgan fingerprint density at radius 1 is 1.24 bits per heavy atom. The van der Waals surface area contributed by atoms with Crippen LogP contribution in [-0.4, -0.2) is 22.3 Å². The number of aromatic nitrogens is 1. The van der Waals surface area contributed by atoms with Gasteiger partial charge >= 0.3 is 0 Å². The number of benzene rings is 1. The van der Waals surface area contributed by atoms with Crippen molar-refractivity contribution in [1.29, 1.82) is 0 Å². The number of carbonyl (C=O) groups excluding carboxylic acids is 1. The molecule has 1 atom stereocenters. The number of fused-ring (bicyclic) bond motifs is 1. The van der Waals surface area contributed by atoms with Crippen molar-refractivity contribution in [3.63, 3.8) is 0 Å². The molecule has 1 unspecified atom stereocenters. The highest BCUT2D eigenvalue weighted by Crippen LogP contribution is 2.38. The van der Waals surface area contributed by atoms with Crippen LogP contribution in [0.3, 0.4) is 0 Å². The van der Waals surface area contributed by atoms with Gasteiger partial charge in [0.15, 0.2) is 0 Å². The summed E-state index contributed by atoms with van der Waals surface area (Å²) >= 11 is 3.44. The second kappa shape index (κ2) is 7.10. The van der Waals surface area contributed by atoms with Crippen LogP contribution in [0.2, 0.25) is 0 Å². The van der Waals surface area contributed by atoms with Crippen LogP contribution < -0.4 is 0 Å². The van der Waals surface area contributed by atoms with Gasteiger partial charge in [-0.2, -0.15) is 0 Å². The molecule has 3 nitrogen and oxygen atoms in total. The molecule has 1 aromatic carbocycles. The molecular formula is C20H20N2OS2. The molecule has 128 valence electrons. The summed E-state index contributed by atoms with van der Waals surface area (Å²) in [7, 11) is 0. The normalized spacial score (nSPS) is 16.7. The molecule has 0 radical (unpaired) electrons. The summed E-state index contributed by atoms with van der Waals surface area (Å²) in [5, 5.41) is 5.26. The van der Waals surface area contributed by atoms with Crippen LogP contribution in [0.4, 0.5) is 0 Å². The number of thiazole rings is 1. The van der Waals surface area contributed by atoms with E-state index in [1.54, 1.807) is 22.7 Å². The van der Waals surface area contributed by atoms with Gasteiger partial charge < -0.3 is 4.90 Å². The first kappa shape index (κ1) is 16.5. The average molecular weight is 369 g/mol. The molecule has 4 rings (SSSR count). The van der Waals surface area contributed by atoms with Crippen molar-refractivity contribution in [3.05, 3.63) is 73.9 Å². The first-order chi connectivity index (χ1) is 12.3. The van der Waals surface area contributed by atoms with E-state index in [9.17, 15) is 4.79 Å². The second-order valence-electron chi connectivity index (χ2n) is 6.21. The van der Waals surface area contributed by atoms with E-state index < -0.39 is 0 Å². The molecule has 3 aromatic rings. The van der Waals surface area contributed by atoms with E-state index in [0.717, 1.165) is 30.1 Å². The van der Waals surface area contributed by atoms with E-state index in [-0.39, 0.29) is 11.9 Å². The highest BCUT2D eigenvalue weighted by molar-refractivity contribution is 7.10. The molecule has 0 N–H and O–H groups in total. The van der Waals surface area contributed by atoms with Gasteiger partial charge in [0, 0.05) is 16.8 Å². The van der Waals surface area contributed by atoms with Gasteiger partial charge in [0.1, 0.15) is 0 Å². The molecule has 3 heterocycles. The molecule has 2 aromatic heterocycles. The Labute approximate surface area is 156 Å². The topological polar surface area (TPSA) is 33.2 Å². The number of hydrogen-bond donors (Lipinski definition) is 0. The van der Waals surface area contributed by atoms with Crippen LogP contribution >= 0.6 is 22.7 Å². The van der Waals surface area contributed by atoms with E-state index in [4.69, 9.17) is 0 Å². The smallest absolute Gasteiger partial charge is 0.229 e. The minimum Gasteiger partial charge on any atom is -0.331 e. The minimum atomic E-state index is 0.0213. The lowest BCUT2D eigenvalue weighted by Crippen LogP contribution is -2.40. The Hall–Kier alpha value is -1.98. The Bertz CT molecular complexity index is 869. The zero-order chi connectivity index (χ0) is 17.2. The van der Waals surface area contributed by atoms with Crippen LogP contribution in [0.5, 0.6) is 0 Å². The minimum absolute atomic E-state index is 0.0213. The van der Waals surface area contributed by atoms with Crippen molar-refractivity contribution < 1.29 is 4.79 Å². The third-order valence-electron chi connectivity index (χ3n) is 4.64. The van der Waals surface area contributed by atoms with Gasteiger partial charge in [-0.25, -0.2) is 4.98 Å². The van der Waals surface area contributed by atoms with Gasteiger partial charge in [0.2, 0.25) is 5.91 Å². The molecule has 0 saturated carbocycles. The fourth-order valence-electron chi connectivity index (χ4n) is 3.43. The van der Waals surface area contributed by atoms with E-state index >= 15 is 0 Å². The van der Waals surface area contributed by atoms with Crippen LogP contribution in [-0.2, 0) is 24.1 Å². The molecular weight excluding hydrogens is 348 g/mol. The summed E-state index contributed by atoms with van der Waals surface area (Å²) in [6.45, 7) is 2.87. The summed E-state index contributed by atoms with van der Waals surface area (Å²) in [5.74, 6) is 0.165. The Morgan fingerprint density at radius 3 is 2.84 bits per heavy atom. The number of amides is 1. The highest BCUT2D eigenvalue weighted by Gasteiger charge is 2.32. The van der Waals surface area contributed by atoms with Crippen LogP contribution in [0, 0.1) is 0 Å². The van der Waals surface area contributed by atoms with Gasteiger partial charge in [-0.3, -0.25) is 4.79 Å². The first-order valence-corrected chi connectivity index (χ1v) is 10.4. The van der Waals surface area contributed by atoms with Gasteiger partial charge in [0.25, 0.3) is 0 Å². The quantitative estimate of drug-likeness (QED) is 0.680. The fraction of sp³-hybridized carbons (Fsp3) is 0.300. The van der Waals surface area contributed by atoms with E-state index in [2.05, 4.69) is 35.5 Å². The third-order valence-corrected chi connectivity index (χ3v) is 6.67. The summed E-state index contributed by atoms with van der Waals surface area (Å²) in [4.78, 5) is 21.1. The number of hydrogen-bond acceptors (Lipinski definition) is 4. The monoisotopic (exact) mass is 368 g/mol. The van der Waals surface area contributed by atoms with Crippen molar-refractivity contribution in [1.82, 2.24) is 9.88 Å². The lowest BCUT2D eigenvalue weighted by Gasteiger charge is -2.36. The zero-order valence-electron chi connectivity index (χ0n) is 14.1. The van der Waals surface area contributed by atoms with E-state index in [0.29, 0.717) is 6.42 Å². The molecule has 0 saturated heterocycles. The summed E-state index contributed by atoms with van der Waals surface area (Å²) in [5.41, 5.74) is 3.36. The number of thiophene rings is 1. The summed E-state index contributed by atoms with van der Waals surface area (Å²) in [6.07, 6.45) is 2.26.